The molecule has 0 spiro atoms. The topological polar surface area (TPSA) is 193 Å². The molecule has 2 rings (SSSR count). The van der Waals surface area contributed by atoms with Gasteiger partial charge in [-0.2, -0.15) is 4.37 Å². The molecule has 0 radical (unpaired) electrons. The van der Waals surface area contributed by atoms with Gasteiger partial charge in [-0.05, 0) is 34.6 Å². The number of nitrogens with zero attached hydrogens (tertiary/aromatic N) is 4. The van der Waals surface area contributed by atoms with Crippen LogP contribution >= 0.6 is 11.7 Å². The molecule has 1 fully saturated rings. The van der Waals surface area contributed by atoms with Gasteiger partial charge >= 0.3 is 23.9 Å². The van der Waals surface area contributed by atoms with E-state index in [-0.39, 0.29) is 19.0 Å². The average molecular weight is 619 g/mol. The highest BCUT2D eigenvalue weighted by Gasteiger charge is 2.32. The van der Waals surface area contributed by atoms with Crippen LogP contribution in [0.15, 0.2) is 0 Å². The maximum atomic E-state index is 12.9. The molecule has 0 bridgehead atoms. The third-order valence-electron chi connectivity index (χ3n) is 5.65. The van der Waals surface area contributed by atoms with Crippen molar-refractivity contribution < 1.29 is 57.5 Å². The van der Waals surface area contributed by atoms with E-state index in [9.17, 15) is 29.1 Å². The minimum atomic E-state index is -1.45. The number of rotatable bonds is 14. The summed E-state index contributed by atoms with van der Waals surface area (Å²) >= 11 is 0.940. The monoisotopic (exact) mass is 618 g/mol. The smallest absolute Gasteiger partial charge is 0.347 e. The lowest BCUT2D eigenvalue weighted by Crippen LogP contribution is -2.52. The first-order valence-corrected chi connectivity index (χ1v) is 13.9. The third kappa shape index (κ3) is 11.4. The number of morpholine rings is 1. The van der Waals surface area contributed by atoms with E-state index in [1.165, 1.54) is 25.7 Å². The van der Waals surface area contributed by atoms with Crippen molar-refractivity contribution in [1.82, 2.24) is 13.6 Å². The Kier molecular flexibility index (Phi) is 13.3. The molecule has 1 aliphatic heterocycles. The van der Waals surface area contributed by atoms with Crippen LogP contribution in [0.1, 0.15) is 41.5 Å². The molecule has 0 saturated carbocycles. The summed E-state index contributed by atoms with van der Waals surface area (Å²) in [5.74, 6) is -3.51. The molecular formula is C25H38N4O12S. The van der Waals surface area contributed by atoms with E-state index in [1.807, 2.05) is 4.90 Å². The second-order valence-electron chi connectivity index (χ2n) is 10.2. The van der Waals surface area contributed by atoms with Crippen LogP contribution in [0.3, 0.4) is 0 Å². The van der Waals surface area contributed by atoms with Crippen molar-refractivity contribution in [2.24, 2.45) is 0 Å². The van der Waals surface area contributed by atoms with E-state index in [0.717, 1.165) is 11.7 Å². The van der Waals surface area contributed by atoms with E-state index in [1.54, 1.807) is 20.8 Å². The van der Waals surface area contributed by atoms with Gasteiger partial charge in [0, 0.05) is 25.6 Å². The van der Waals surface area contributed by atoms with Gasteiger partial charge in [-0.15, -0.1) is 4.37 Å². The third-order valence-corrected chi connectivity index (χ3v) is 6.15. The summed E-state index contributed by atoms with van der Waals surface area (Å²) in [4.78, 5) is 63.8. The number of amides is 1. The number of carbonyl (C=O) groups is 5. The van der Waals surface area contributed by atoms with Gasteiger partial charge in [0.2, 0.25) is 5.82 Å². The Labute approximate surface area is 247 Å². The highest BCUT2D eigenvalue weighted by atomic mass is 32.1. The first-order chi connectivity index (χ1) is 19.7. The zero-order valence-corrected chi connectivity index (χ0v) is 25.3. The minimum absolute atomic E-state index is 0.170. The maximum Gasteiger partial charge on any atom is 0.347 e. The Balaban J connectivity index is 2.13. The lowest BCUT2D eigenvalue weighted by Gasteiger charge is -2.37. The van der Waals surface area contributed by atoms with Crippen molar-refractivity contribution in [2.45, 2.75) is 65.4 Å². The summed E-state index contributed by atoms with van der Waals surface area (Å²) in [7, 11) is 0. The highest BCUT2D eigenvalue weighted by Crippen LogP contribution is 2.27. The molecule has 1 aliphatic rings. The van der Waals surface area contributed by atoms with Crippen molar-refractivity contribution in [1.29, 1.82) is 0 Å². The largest absolute Gasteiger partial charge is 0.470 e. The maximum absolute atomic E-state index is 12.9. The van der Waals surface area contributed by atoms with Crippen LogP contribution < -0.4 is 9.64 Å². The summed E-state index contributed by atoms with van der Waals surface area (Å²) in [6, 6.07) is 0. The zero-order valence-electron chi connectivity index (χ0n) is 24.5. The molecule has 1 aromatic rings. The Morgan fingerprint density at radius 1 is 1.02 bits per heavy atom. The summed E-state index contributed by atoms with van der Waals surface area (Å²) in [5, 5.41) is 9.23. The molecule has 42 heavy (non-hydrogen) atoms. The minimum Gasteiger partial charge on any atom is -0.470 e. The first-order valence-electron chi connectivity index (χ1n) is 13.2. The normalized spacial score (nSPS) is 15.5. The summed E-state index contributed by atoms with van der Waals surface area (Å²) in [6.07, 6.45) is -3.91. The Bertz CT molecular complexity index is 1080. The van der Waals surface area contributed by atoms with Crippen LogP contribution in [0.2, 0.25) is 0 Å². The van der Waals surface area contributed by atoms with Gasteiger partial charge < -0.3 is 43.3 Å². The van der Waals surface area contributed by atoms with E-state index in [4.69, 9.17) is 28.4 Å². The molecule has 1 N–H and O–H groups in total. The molecule has 2 heterocycles. The molecule has 17 heteroatoms. The molecule has 1 saturated heterocycles. The first kappa shape index (κ1) is 34.6. The number of aliphatic hydroxyl groups excluding tert-OH is 1. The quantitative estimate of drug-likeness (QED) is 0.211. The number of aromatic nitrogens is 2. The Morgan fingerprint density at radius 2 is 1.69 bits per heavy atom. The fraction of sp³-hybridized carbons (Fsp3) is 0.720. The molecule has 0 aromatic carbocycles. The standard InChI is InChI=1S/C25H38N4O12S/c1-15(30)23(34)40-16(2)24(35)39-14-20(33)41-18(11-29(25(4,5)6)19(32)13-37-17(3)31)12-38-22-21(26-42-27-22)28-7-9-36-10-8-28/h15-16,18,30H,7-14H2,1-6H3/t15-,16-,18+/m1/s1. The Hall–Kier alpha value is -3.57. The van der Waals surface area contributed by atoms with Crippen LogP contribution in [0.5, 0.6) is 5.88 Å². The second-order valence-corrected chi connectivity index (χ2v) is 10.8. The van der Waals surface area contributed by atoms with Crippen LogP contribution in [0.25, 0.3) is 0 Å². The molecule has 16 nitrogen and oxygen atoms in total. The van der Waals surface area contributed by atoms with E-state index in [2.05, 4.69) is 8.75 Å². The van der Waals surface area contributed by atoms with E-state index < -0.39 is 66.8 Å². The SMILES string of the molecule is CC(=O)OCC(=O)N(C[C@@H](COc1nsnc1N1CCOCC1)OC(=O)COC(=O)[C@@H](C)OC(=O)[C@@H](C)O)C(C)(C)C. The van der Waals surface area contributed by atoms with Crippen LogP contribution in [0.4, 0.5) is 5.82 Å². The number of aliphatic hydroxyl groups is 1. The number of esters is 4. The summed E-state index contributed by atoms with van der Waals surface area (Å²) in [5.41, 5.74) is -0.779. The molecule has 1 amide bonds. The summed E-state index contributed by atoms with van der Waals surface area (Å²) < 4.78 is 39.7. The fourth-order valence-corrected chi connectivity index (χ4v) is 4.03. The lowest BCUT2D eigenvalue weighted by molar-refractivity contribution is -0.176. The summed E-state index contributed by atoms with van der Waals surface area (Å²) in [6.45, 7) is 9.21. The number of carbonyl (C=O) groups excluding carboxylic acids is 5. The van der Waals surface area contributed by atoms with Crippen molar-refractivity contribution in [2.75, 3.05) is 57.6 Å². The van der Waals surface area contributed by atoms with Gasteiger partial charge in [-0.3, -0.25) is 9.59 Å². The number of hydrogen-bond donors (Lipinski definition) is 1. The molecule has 3 atom stereocenters. The van der Waals surface area contributed by atoms with E-state index in [0.29, 0.717) is 32.1 Å². The van der Waals surface area contributed by atoms with E-state index >= 15 is 0 Å². The van der Waals surface area contributed by atoms with Crippen molar-refractivity contribution in [3.63, 3.8) is 0 Å². The van der Waals surface area contributed by atoms with Gasteiger partial charge in [0.05, 0.1) is 31.5 Å². The van der Waals surface area contributed by atoms with Crippen molar-refractivity contribution >= 4 is 47.3 Å². The molecular weight excluding hydrogens is 580 g/mol. The average Bonchev–Trinajstić information content (AvgIpc) is 3.40. The van der Waals surface area contributed by atoms with Crippen LogP contribution in [-0.4, -0.2) is 125 Å². The highest BCUT2D eigenvalue weighted by molar-refractivity contribution is 6.99. The molecule has 0 unspecified atom stereocenters. The lowest BCUT2D eigenvalue weighted by atomic mass is 10.1. The van der Waals surface area contributed by atoms with Crippen molar-refractivity contribution in [3.05, 3.63) is 0 Å². The van der Waals surface area contributed by atoms with Gasteiger partial charge in [0.1, 0.15) is 12.7 Å². The number of ether oxygens (including phenoxy) is 6. The molecule has 0 aliphatic carbocycles. The second kappa shape index (κ2) is 16.2. The van der Waals surface area contributed by atoms with Gasteiger partial charge in [0.25, 0.3) is 11.8 Å². The van der Waals surface area contributed by atoms with Crippen molar-refractivity contribution in [3.8, 4) is 5.88 Å². The van der Waals surface area contributed by atoms with Gasteiger partial charge in [0.15, 0.2) is 25.4 Å². The van der Waals surface area contributed by atoms with Gasteiger partial charge in [-0.1, -0.05) is 0 Å². The van der Waals surface area contributed by atoms with Crippen LogP contribution in [0, 0.1) is 0 Å². The predicted molar refractivity (Wildman–Crippen MR) is 145 cm³/mol. The number of hydrogen-bond acceptors (Lipinski definition) is 16. The number of anilines is 1. The Morgan fingerprint density at radius 3 is 2.29 bits per heavy atom. The molecule has 236 valence electrons. The zero-order chi connectivity index (χ0) is 31.4. The van der Waals surface area contributed by atoms with Gasteiger partial charge in [-0.25, -0.2) is 14.4 Å². The van der Waals surface area contributed by atoms with Crippen LogP contribution in [-0.2, 0) is 47.7 Å². The molecule has 1 aromatic heterocycles. The fourth-order valence-electron chi connectivity index (χ4n) is 3.51. The predicted octanol–water partition coefficient (Wildman–Crippen LogP) is -0.289.